The predicted molar refractivity (Wildman–Crippen MR) is 80.1 cm³/mol. The van der Waals surface area contributed by atoms with Crippen molar-refractivity contribution in [2.24, 2.45) is 0 Å². The number of carboxylic acid groups (broad SMARTS) is 2. The normalized spacial score (nSPS) is 10.2. The van der Waals surface area contributed by atoms with Gasteiger partial charge in [-0.3, -0.25) is 0 Å². The van der Waals surface area contributed by atoms with Crippen molar-refractivity contribution in [2.45, 2.75) is 0 Å². The van der Waals surface area contributed by atoms with Gasteiger partial charge in [0.05, 0.1) is 16.8 Å². The van der Waals surface area contributed by atoms with Crippen LogP contribution in [0.25, 0.3) is 11.1 Å². The van der Waals surface area contributed by atoms with E-state index in [1.165, 1.54) is 12.1 Å². The third-order valence-corrected chi connectivity index (χ3v) is 3.12. The molecule has 0 aliphatic carbocycles. The van der Waals surface area contributed by atoms with Crippen LogP contribution in [0.2, 0.25) is 0 Å². The van der Waals surface area contributed by atoms with Gasteiger partial charge in [-0.05, 0) is 17.7 Å². The van der Waals surface area contributed by atoms with E-state index in [1.54, 1.807) is 19.0 Å². The summed E-state index contributed by atoms with van der Waals surface area (Å²) >= 11 is 0. The van der Waals surface area contributed by atoms with Gasteiger partial charge in [0.2, 0.25) is 0 Å². The number of hydrogen-bond donors (Lipinski definition) is 2. The fourth-order valence-corrected chi connectivity index (χ4v) is 2.24. The summed E-state index contributed by atoms with van der Waals surface area (Å²) in [6.45, 7) is 0. The predicted octanol–water partition coefficient (Wildman–Crippen LogP) is 2.82. The molecule has 0 spiro atoms. The van der Waals surface area contributed by atoms with Gasteiger partial charge in [-0.25, -0.2) is 9.59 Å². The monoisotopic (exact) mass is 285 g/mol. The number of aromatic carboxylic acids is 2. The first-order chi connectivity index (χ1) is 9.91. The number of anilines is 1. The van der Waals surface area contributed by atoms with Gasteiger partial charge in [0, 0.05) is 19.7 Å². The van der Waals surface area contributed by atoms with Crippen LogP contribution in [0, 0.1) is 0 Å². The van der Waals surface area contributed by atoms with E-state index in [1.807, 2.05) is 30.3 Å². The van der Waals surface area contributed by atoms with Crippen LogP contribution in [0.4, 0.5) is 5.69 Å². The van der Waals surface area contributed by atoms with Crippen molar-refractivity contribution >= 4 is 17.6 Å². The summed E-state index contributed by atoms with van der Waals surface area (Å²) in [6, 6.07) is 11.8. The zero-order chi connectivity index (χ0) is 15.6. The van der Waals surface area contributed by atoms with Gasteiger partial charge >= 0.3 is 11.9 Å². The molecule has 108 valence electrons. The molecular formula is C16H15NO4. The molecular weight excluding hydrogens is 270 g/mol. The molecule has 0 aliphatic rings. The molecule has 5 heteroatoms. The first-order valence-electron chi connectivity index (χ1n) is 6.29. The lowest BCUT2D eigenvalue weighted by Crippen LogP contribution is -2.16. The molecule has 2 N–H and O–H groups in total. The molecule has 5 nitrogen and oxygen atoms in total. The van der Waals surface area contributed by atoms with E-state index in [0.717, 1.165) is 5.56 Å². The zero-order valence-electron chi connectivity index (χ0n) is 11.7. The van der Waals surface area contributed by atoms with Gasteiger partial charge in [0.15, 0.2) is 0 Å². The van der Waals surface area contributed by atoms with E-state index in [9.17, 15) is 19.8 Å². The Morgan fingerprint density at radius 3 is 2.05 bits per heavy atom. The van der Waals surface area contributed by atoms with Crippen LogP contribution >= 0.6 is 0 Å². The van der Waals surface area contributed by atoms with Crippen LogP contribution in [0.5, 0.6) is 0 Å². The fraction of sp³-hybridized carbons (Fsp3) is 0.125. The van der Waals surface area contributed by atoms with Crippen LogP contribution in [-0.4, -0.2) is 36.2 Å². The molecule has 0 aromatic heterocycles. The van der Waals surface area contributed by atoms with E-state index in [4.69, 9.17) is 0 Å². The van der Waals surface area contributed by atoms with Gasteiger partial charge in [0.1, 0.15) is 0 Å². The van der Waals surface area contributed by atoms with Crippen LogP contribution in [-0.2, 0) is 0 Å². The molecule has 0 saturated heterocycles. The summed E-state index contributed by atoms with van der Waals surface area (Å²) in [6.07, 6.45) is 0. The Labute approximate surface area is 122 Å². The maximum Gasteiger partial charge on any atom is 0.337 e. The molecule has 0 unspecified atom stereocenters. The molecule has 0 saturated carbocycles. The van der Waals surface area contributed by atoms with Gasteiger partial charge < -0.3 is 15.1 Å². The standard InChI is InChI=1S/C16H15NO4/c1-17(2)14-12(10-6-4-3-5-7-10)8-11(15(18)19)9-13(14)16(20)21/h3-9H,1-2H3,(H,18,19)(H,20,21). The highest BCUT2D eigenvalue weighted by Gasteiger charge is 2.20. The molecule has 2 rings (SSSR count). The lowest BCUT2D eigenvalue weighted by atomic mass is 9.96. The minimum atomic E-state index is -1.15. The Balaban J connectivity index is 2.83. The smallest absolute Gasteiger partial charge is 0.337 e. The van der Waals surface area contributed by atoms with Crippen molar-refractivity contribution in [1.82, 2.24) is 0 Å². The van der Waals surface area contributed by atoms with E-state index in [2.05, 4.69) is 0 Å². The van der Waals surface area contributed by atoms with Crippen molar-refractivity contribution in [2.75, 3.05) is 19.0 Å². The second-order valence-electron chi connectivity index (χ2n) is 4.79. The van der Waals surface area contributed by atoms with Crippen LogP contribution < -0.4 is 4.90 Å². The Kier molecular flexibility index (Phi) is 3.93. The Bertz CT molecular complexity index is 693. The Morgan fingerprint density at radius 1 is 0.952 bits per heavy atom. The van der Waals surface area contributed by atoms with Crippen molar-refractivity contribution in [3.63, 3.8) is 0 Å². The molecule has 21 heavy (non-hydrogen) atoms. The molecule has 0 heterocycles. The average molecular weight is 285 g/mol. The lowest BCUT2D eigenvalue weighted by Gasteiger charge is -2.21. The van der Waals surface area contributed by atoms with Gasteiger partial charge in [-0.1, -0.05) is 30.3 Å². The number of benzene rings is 2. The third-order valence-electron chi connectivity index (χ3n) is 3.12. The van der Waals surface area contributed by atoms with Crippen LogP contribution in [0.1, 0.15) is 20.7 Å². The van der Waals surface area contributed by atoms with E-state index in [0.29, 0.717) is 11.3 Å². The van der Waals surface area contributed by atoms with Crippen LogP contribution in [0.15, 0.2) is 42.5 Å². The quantitative estimate of drug-likeness (QED) is 0.903. The Hall–Kier alpha value is -2.82. The summed E-state index contributed by atoms with van der Waals surface area (Å²) in [5.41, 5.74) is 1.76. The van der Waals surface area contributed by atoms with Gasteiger partial charge in [0.25, 0.3) is 0 Å². The molecule has 0 atom stereocenters. The summed E-state index contributed by atoms with van der Waals surface area (Å²) < 4.78 is 0. The minimum absolute atomic E-state index is 0.0289. The maximum absolute atomic E-state index is 11.5. The third kappa shape index (κ3) is 2.86. The molecule has 0 amide bonds. The maximum atomic E-state index is 11.5. The second kappa shape index (κ2) is 5.66. The average Bonchev–Trinajstić information content (AvgIpc) is 2.46. The first-order valence-corrected chi connectivity index (χ1v) is 6.29. The summed E-state index contributed by atoms with van der Waals surface area (Å²) in [4.78, 5) is 24.4. The number of rotatable bonds is 4. The van der Waals surface area contributed by atoms with Crippen molar-refractivity contribution < 1.29 is 19.8 Å². The van der Waals surface area contributed by atoms with E-state index >= 15 is 0 Å². The zero-order valence-corrected chi connectivity index (χ0v) is 11.7. The highest BCUT2D eigenvalue weighted by Crippen LogP contribution is 2.34. The molecule has 0 fully saturated rings. The lowest BCUT2D eigenvalue weighted by molar-refractivity contribution is 0.0696. The Morgan fingerprint density at radius 2 is 1.57 bits per heavy atom. The number of carboxylic acids is 2. The van der Waals surface area contributed by atoms with Gasteiger partial charge in [-0.2, -0.15) is 0 Å². The molecule has 0 bridgehead atoms. The first kappa shape index (κ1) is 14.6. The van der Waals surface area contributed by atoms with Gasteiger partial charge in [-0.15, -0.1) is 0 Å². The topological polar surface area (TPSA) is 77.8 Å². The second-order valence-corrected chi connectivity index (χ2v) is 4.79. The summed E-state index contributed by atoms with van der Waals surface area (Å²) in [7, 11) is 3.46. The fourth-order valence-electron chi connectivity index (χ4n) is 2.24. The van der Waals surface area contributed by atoms with Crippen molar-refractivity contribution in [3.8, 4) is 11.1 Å². The summed E-state index contributed by atoms with van der Waals surface area (Å²) in [5.74, 6) is -2.31. The SMILES string of the molecule is CN(C)c1c(C(=O)O)cc(C(=O)O)cc1-c1ccccc1. The number of hydrogen-bond acceptors (Lipinski definition) is 3. The molecule has 2 aromatic carbocycles. The highest BCUT2D eigenvalue weighted by molar-refractivity contribution is 6.03. The van der Waals surface area contributed by atoms with E-state index in [-0.39, 0.29) is 11.1 Å². The van der Waals surface area contributed by atoms with E-state index < -0.39 is 11.9 Å². The molecule has 0 aliphatic heterocycles. The van der Waals surface area contributed by atoms with Crippen LogP contribution in [0.3, 0.4) is 0 Å². The summed E-state index contributed by atoms with van der Waals surface area (Å²) in [5, 5.41) is 18.6. The van der Waals surface area contributed by atoms with Crippen molar-refractivity contribution in [3.05, 3.63) is 53.6 Å². The largest absolute Gasteiger partial charge is 0.478 e. The number of carbonyl (C=O) groups is 2. The van der Waals surface area contributed by atoms with Crippen molar-refractivity contribution in [1.29, 1.82) is 0 Å². The minimum Gasteiger partial charge on any atom is -0.478 e. The molecule has 0 radical (unpaired) electrons. The number of nitrogens with zero attached hydrogens (tertiary/aromatic N) is 1. The molecule has 2 aromatic rings. The highest BCUT2D eigenvalue weighted by atomic mass is 16.4.